The number of thiophene rings is 1. The van der Waals surface area contributed by atoms with Crippen LogP contribution in [0.25, 0.3) is 0 Å². The van der Waals surface area contributed by atoms with E-state index in [4.69, 9.17) is 17.3 Å². The van der Waals surface area contributed by atoms with Crippen LogP contribution in [0.5, 0.6) is 0 Å². The molecule has 1 aromatic heterocycles. The number of benzene rings is 1. The van der Waals surface area contributed by atoms with Gasteiger partial charge >= 0.3 is 6.18 Å². The Balaban J connectivity index is 2.04. The molecule has 0 bridgehead atoms. The Kier molecular flexibility index (Phi) is 4.93. The number of aliphatic hydroxyl groups excluding tert-OH is 1. The molecule has 21 heavy (non-hydrogen) atoms. The van der Waals surface area contributed by atoms with E-state index < -0.39 is 23.9 Å². The second kappa shape index (κ2) is 6.36. The number of hydrogen-bond donors (Lipinski definition) is 2. The monoisotopic (exact) mass is 335 g/mol. The molecule has 0 spiro atoms. The predicted octanol–water partition coefficient (Wildman–Crippen LogP) is 4.02. The van der Waals surface area contributed by atoms with Gasteiger partial charge in [-0.3, -0.25) is 0 Å². The van der Waals surface area contributed by atoms with Gasteiger partial charge in [0.2, 0.25) is 0 Å². The van der Waals surface area contributed by atoms with Crippen molar-refractivity contribution in [3.63, 3.8) is 0 Å². The van der Waals surface area contributed by atoms with E-state index in [9.17, 15) is 18.3 Å². The average Bonchev–Trinajstić information content (AvgIpc) is 2.84. The molecular formula is C14H13ClF3NOS. The Hall–Kier alpha value is -1.08. The first kappa shape index (κ1) is 16.3. The minimum absolute atomic E-state index is 0.273. The second-order valence-corrected chi connectivity index (χ2v) is 6.40. The molecule has 2 unspecified atom stereocenters. The van der Waals surface area contributed by atoms with E-state index >= 15 is 0 Å². The fourth-order valence-corrected chi connectivity index (χ4v) is 3.03. The highest BCUT2D eigenvalue weighted by atomic mass is 35.5. The molecule has 7 heteroatoms. The lowest BCUT2D eigenvalue weighted by Gasteiger charge is -2.18. The van der Waals surface area contributed by atoms with Crippen molar-refractivity contribution in [2.45, 2.75) is 24.7 Å². The SMILES string of the molecule is NC(Cc1ccc(C(F)(F)F)cc1)C(O)c1ccc(Cl)s1. The lowest BCUT2D eigenvalue weighted by Crippen LogP contribution is -2.30. The van der Waals surface area contributed by atoms with E-state index in [1.165, 1.54) is 23.5 Å². The highest BCUT2D eigenvalue weighted by Crippen LogP contribution is 2.31. The minimum atomic E-state index is -4.35. The summed E-state index contributed by atoms with van der Waals surface area (Å²) in [5, 5.41) is 10.1. The summed E-state index contributed by atoms with van der Waals surface area (Å²) in [6.07, 6.45) is -4.98. The Morgan fingerprint density at radius 1 is 1.14 bits per heavy atom. The first-order valence-electron chi connectivity index (χ1n) is 6.12. The maximum absolute atomic E-state index is 12.5. The van der Waals surface area contributed by atoms with Crippen LogP contribution in [0, 0.1) is 0 Å². The fraction of sp³-hybridized carbons (Fsp3) is 0.286. The summed E-state index contributed by atoms with van der Waals surface area (Å²) in [5.74, 6) is 0. The van der Waals surface area contributed by atoms with Gasteiger partial charge in [-0.15, -0.1) is 11.3 Å². The molecule has 2 rings (SSSR count). The van der Waals surface area contributed by atoms with Gasteiger partial charge in [0.25, 0.3) is 0 Å². The third kappa shape index (κ3) is 4.20. The Bertz CT molecular complexity index is 597. The van der Waals surface area contributed by atoms with Crippen LogP contribution in [0.1, 0.15) is 22.1 Å². The smallest absolute Gasteiger partial charge is 0.386 e. The summed E-state index contributed by atoms with van der Waals surface area (Å²) in [4.78, 5) is 0.638. The van der Waals surface area contributed by atoms with Crippen molar-refractivity contribution in [3.05, 3.63) is 56.7 Å². The zero-order chi connectivity index (χ0) is 15.6. The number of halogens is 4. The maximum atomic E-state index is 12.5. The first-order chi connectivity index (χ1) is 9.77. The molecule has 0 aliphatic heterocycles. The average molecular weight is 336 g/mol. The van der Waals surface area contributed by atoms with E-state index in [0.717, 1.165) is 12.1 Å². The van der Waals surface area contributed by atoms with Gasteiger partial charge in [0, 0.05) is 10.9 Å². The number of rotatable bonds is 4. The summed E-state index contributed by atoms with van der Waals surface area (Å²) in [6.45, 7) is 0. The molecule has 0 amide bonds. The minimum Gasteiger partial charge on any atom is -0.386 e. The highest BCUT2D eigenvalue weighted by Gasteiger charge is 2.30. The lowest BCUT2D eigenvalue weighted by molar-refractivity contribution is -0.137. The molecule has 1 aromatic carbocycles. The van der Waals surface area contributed by atoms with Crippen molar-refractivity contribution in [1.29, 1.82) is 0 Å². The van der Waals surface area contributed by atoms with E-state index in [1.807, 2.05) is 0 Å². The van der Waals surface area contributed by atoms with E-state index in [1.54, 1.807) is 12.1 Å². The predicted molar refractivity (Wildman–Crippen MR) is 77.4 cm³/mol. The van der Waals surface area contributed by atoms with Crippen molar-refractivity contribution in [3.8, 4) is 0 Å². The maximum Gasteiger partial charge on any atom is 0.416 e. The van der Waals surface area contributed by atoms with Crippen LogP contribution in [-0.2, 0) is 12.6 Å². The van der Waals surface area contributed by atoms with Crippen LogP contribution in [-0.4, -0.2) is 11.1 Å². The van der Waals surface area contributed by atoms with Crippen molar-refractivity contribution in [1.82, 2.24) is 0 Å². The van der Waals surface area contributed by atoms with Crippen molar-refractivity contribution in [2.24, 2.45) is 5.73 Å². The third-order valence-corrected chi connectivity index (χ3v) is 4.35. The molecule has 3 N–H and O–H groups in total. The van der Waals surface area contributed by atoms with Gasteiger partial charge in [-0.25, -0.2) is 0 Å². The van der Waals surface area contributed by atoms with Crippen molar-refractivity contribution in [2.75, 3.05) is 0 Å². The van der Waals surface area contributed by atoms with E-state index in [0.29, 0.717) is 14.8 Å². The second-order valence-electron chi connectivity index (χ2n) is 4.65. The van der Waals surface area contributed by atoms with Crippen molar-refractivity contribution < 1.29 is 18.3 Å². The quantitative estimate of drug-likeness (QED) is 0.886. The lowest BCUT2D eigenvalue weighted by atomic mass is 10.00. The Morgan fingerprint density at radius 2 is 1.76 bits per heavy atom. The third-order valence-electron chi connectivity index (χ3n) is 3.04. The highest BCUT2D eigenvalue weighted by molar-refractivity contribution is 7.16. The topological polar surface area (TPSA) is 46.2 Å². The molecule has 1 heterocycles. The number of hydrogen-bond acceptors (Lipinski definition) is 3. The van der Waals surface area contributed by atoms with E-state index in [-0.39, 0.29) is 6.42 Å². The molecule has 0 fully saturated rings. The van der Waals surface area contributed by atoms with Crippen LogP contribution < -0.4 is 5.73 Å². The van der Waals surface area contributed by atoms with Gasteiger partial charge in [0.15, 0.2) is 0 Å². The molecule has 0 saturated heterocycles. The molecule has 0 radical (unpaired) electrons. The largest absolute Gasteiger partial charge is 0.416 e. The van der Waals surface area contributed by atoms with Gasteiger partial charge in [0.1, 0.15) is 6.10 Å². The number of alkyl halides is 3. The standard InChI is InChI=1S/C14H13ClF3NOS/c15-12-6-5-11(21-12)13(20)10(19)7-8-1-3-9(4-2-8)14(16,17)18/h1-6,10,13,20H,7,19H2. The zero-order valence-corrected chi connectivity index (χ0v) is 12.3. The summed E-state index contributed by atoms with van der Waals surface area (Å²) < 4.78 is 37.9. The van der Waals surface area contributed by atoms with Gasteiger partial charge in [-0.2, -0.15) is 13.2 Å². The number of nitrogens with two attached hydrogens (primary N) is 1. The van der Waals surface area contributed by atoms with Crippen molar-refractivity contribution >= 4 is 22.9 Å². The number of aliphatic hydroxyl groups is 1. The fourth-order valence-electron chi connectivity index (χ4n) is 1.91. The molecule has 0 aliphatic carbocycles. The summed E-state index contributed by atoms with van der Waals surface area (Å²) in [7, 11) is 0. The van der Waals surface area contributed by atoms with Gasteiger partial charge < -0.3 is 10.8 Å². The summed E-state index contributed by atoms with van der Waals surface area (Å²) >= 11 is 7.02. The molecule has 0 aliphatic rings. The normalized spacial score (nSPS) is 15.0. The van der Waals surface area contributed by atoms with Gasteiger partial charge in [-0.1, -0.05) is 23.7 Å². The van der Waals surface area contributed by atoms with E-state index in [2.05, 4.69) is 0 Å². The first-order valence-corrected chi connectivity index (χ1v) is 7.32. The van der Waals surface area contributed by atoms with Crippen LogP contribution in [0.2, 0.25) is 4.34 Å². The van der Waals surface area contributed by atoms with Crippen LogP contribution in [0.4, 0.5) is 13.2 Å². The Morgan fingerprint density at radius 3 is 2.24 bits per heavy atom. The van der Waals surface area contributed by atoms with Crippen LogP contribution in [0.3, 0.4) is 0 Å². The Labute approximate surface area is 129 Å². The van der Waals surface area contributed by atoms with Gasteiger partial charge in [-0.05, 0) is 36.2 Å². The van der Waals surface area contributed by atoms with Gasteiger partial charge in [0.05, 0.1) is 9.90 Å². The van der Waals surface area contributed by atoms with Crippen LogP contribution >= 0.6 is 22.9 Å². The summed E-state index contributed by atoms with van der Waals surface area (Å²) in [6, 6.07) is 7.50. The molecular weight excluding hydrogens is 323 g/mol. The molecule has 0 saturated carbocycles. The molecule has 114 valence electrons. The van der Waals surface area contributed by atoms with Crippen LogP contribution in [0.15, 0.2) is 36.4 Å². The molecule has 2 aromatic rings. The summed E-state index contributed by atoms with van der Waals surface area (Å²) in [5.41, 5.74) is 5.84. The zero-order valence-electron chi connectivity index (χ0n) is 10.8. The molecule has 2 nitrogen and oxygen atoms in total. The molecule has 2 atom stereocenters.